The van der Waals surface area contributed by atoms with Crippen LogP contribution in [0.5, 0.6) is 0 Å². The van der Waals surface area contributed by atoms with Crippen LogP contribution in [-0.4, -0.2) is 24.6 Å². The van der Waals surface area contributed by atoms with Crippen LogP contribution in [-0.2, 0) is 29.0 Å². The van der Waals surface area contributed by atoms with E-state index in [0.717, 1.165) is 22.3 Å². The van der Waals surface area contributed by atoms with Crippen molar-refractivity contribution in [3.05, 3.63) is 141 Å². The summed E-state index contributed by atoms with van der Waals surface area (Å²) in [6.45, 7) is 1.56. The third kappa shape index (κ3) is 7.40. The lowest BCUT2D eigenvalue weighted by atomic mass is 10.1. The number of nitrogens with one attached hydrogen (secondary N) is 1. The number of amides is 1. The lowest BCUT2D eigenvalue weighted by Crippen LogP contribution is -2.33. The molecule has 41 heavy (non-hydrogen) atoms. The molecule has 0 radical (unpaired) electrons. The number of hydrogen-bond acceptors (Lipinski definition) is 4. The van der Waals surface area contributed by atoms with Gasteiger partial charge in [0.05, 0.1) is 16.2 Å². The van der Waals surface area contributed by atoms with Crippen LogP contribution in [0.2, 0.25) is 0 Å². The van der Waals surface area contributed by atoms with E-state index >= 15 is 0 Å². The van der Waals surface area contributed by atoms with E-state index in [1.54, 1.807) is 25.1 Å². The van der Waals surface area contributed by atoms with Crippen LogP contribution < -0.4 is 10.9 Å². The monoisotopic (exact) mass is 580 g/mol. The third-order valence-corrected chi connectivity index (χ3v) is 7.99. The predicted octanol–water partition coefficient (Wildman–Crippen LogP) is 5.67. The number of aryl methyl sites for hydroxylation is 1. The first kappa shape index (κ1) is 29.5. The number of benzene rings is 3. The molecule has 3 aromatic carbocycles. The largest absolute Gasteiger partial charge is 0.416 e. The van der Waals surface area contributed by atoms with Crippen LogP contribution in [0.1, 0.15) is 32.7 Å². The summed E-state index contributed by atoms with van der Waals surface area (Å²) in [5.74, 6) is -0.863. The molecule has 0 aliphatic heterocycles. The summed E-state index contributed by atoms with van der Waals surface area (Å²) < 4.78 is 66.0. The average molecular weight is 581 g/mol. The van der Waals surface area contributed by atoms with E-state index in [4.69, 9.17) is 0 Å². The summed E-state index contributed by atoms with van der Waals surface area (Å²) in [5.41, 5.74) is 0.110. The van der Waals surface area contributed by atoms with Gasteiger partial charge in [0.25, 0.3) is 11.5 Å². The standard InChI is InChI=1S/C31H27F3N2O4S/c1-22-13-18-28(30(38)36(22)26-12-7-11-25(20-26)31(32,33)34)29(37)35-21-24-14-16-27(17-15-24)41(39,40)19-6-5-10-23-8-3-2-4-9-23/h2-9,11-18,20H,10,19,21H2,1H3,(H,35,37). The Morgan fingerprint density at radius 2 is 1.59 bits per heavy atom. The van der Waals surface area contributed by atoms with E-state index in [1.807, 2.05) is 36.4 Å². The van der Waals surface area contributed by atoms with E-state index in [-0.39, 0.29) is 28.4 Å². The van der Waals surface area contributed by atoms with Gasteiger partial charge in [-0.3, -0.25) is 14.2 Å². The highest BCUT2D eigenvalue weighted by atomic mass is 32.2. The number of hydrogen-bond donors (Lipinski definition) is 1. The molecule has 1 heterocycles. The van der Waals surface area contributed by atoms with Crippen molar-refractivity contribution in [1.82, 2.24) is 9.88 Å². The Kier molecular flexibility index (Phi) is 8.92. The van der Waals surface area contributed by atoms with Gasteiger partial charge in [-0.1, -0.05) is 60.7 Å². The maximum atomic E-state index is 13.2. The fourth-order valence-electron chi connectivity index (χ4n) is 4.16. The number of sulfone groups is 1. The van der Waals surface area contributed by atoms with Crippen LogP contribution in [0.3, 0.4) is 0 Å². The van der Waals surface area contributed by atoms with Crippen LogP contribution >= 0.6 is 0 Å². The molecule has 4 aromatic rings. The molecule has 1 aromatic heterocycles. The number of carbonyl (C=O) groups is 1. The van der Waals surface area contributed by atoms with Crippen molar-refractivity contribution in [2.24, 2.45) is 0 Å². The van der Waals surface area contributed by atoms with Gasteiger partial charge < -0.3 is 5.32 Å². The quantitative estimate of drug-likeness (QED) is 0.259. The van der Waals surface area contributed by atoms with Gasteiger partial charge in [0, 0.05) is 17.9 Å². The molecule has 0 saturated heterocycles. The van der Waals surface area contributed by atoms with Crippen molar-refractivity contribution >= 4 is 15.7 Å². The van der Waals surface area contributed by atoms with Crippen molar-refractivity contribution in [1.29, 1.82) is 0 Å². The van der Waals surface area contributed by atoms with Crippen LogP contribution in [0, 0.1) is 6.92 Å². The fourth-order valence-corrected chi connectivity index (χ4v) is 5.29. The van der Waals surface area contributed by atoms with Crippen molar-refractivity contribution in [3.63, 3.8) is 0 Å². The smallest absolute Gasteiger partial charge is 0.348 e. The zero-order chi connectivity index (χ0) is 29.6. The zero-order valence-corrected chi connectivity index (χ0v) is 22.9. The van der Waals surface area contributed by atoms with Gasteiger partial charge in [-0.15, -0.1) is 0 Å². The number of carbonyl (C=O) groups excluding carboxylic acids is 1. The van der Waals surface area contributed by atoms with Crippen LogP contribution in [0.4, 0.5) is 13.2 Å². The highest BCUT2D eigenvalue weighted by molar-refractivity contribution is 7.91. The van der Waals surface area contributed by atoms with Crippen molar-refractivity contribution in [2.45, 2.75) is 31.0 Å². The van der Waals surface area contributed by atoms with Gasteiger partial charge in [0.1, 0.15) is 5.56 Å². The number of pyridine rings is 1. The summed E-state index contributed by atoms with van der Waals surface area (Å²) in [5, 5.41) is 2.61. The molecular formula is C31H27F3N2O4S. The molecule has 0 fully saturated rings. The summed E-state index contributed by atoms with van der Waals surface area (Å²) in [7, 11) is -3.55. The minimum Gasteiger partial charge on any atom is -0.348 e. The Labute approximate surface area is 235 Å². The maximum Gasteiger partial charge on any atom is 0.416 e. The summed E-state index contributed by atoms with van der Waals surface area (Å²) in [6.07, 6.45) is -0.537. The van der Waals surface area contributed by atoms with E-state index in [9.17, 15) is 31.2 Å². The normalized spacial score (nSPS) is 12.0. The topological polar surface area (TPSA) is 85.2 Å². The Bertz CT molecular complexity index is 1730. The van der Waals surface area contributed by atoms with Crippen LogP contribution in [0.25, 0.3) is 5.69 Å². The molecule has 212 valence electrons. The Morgan fingerprint density at radius 1 is 0.878 bits per heavy atom. The van der Waals surface area contributed by atoms with E-state index in [0.29, 0.717) is 17.7 Å². The summed E-state index contributed by atoms with van der Waals surface area (Å²) in [4.78, 5) is 26.1. The number of halogens is 3. The van der Waals surface area contributed by atoms with Crippen LogP contribution in [0.15, 0.2) is 113 Å². The number of allylic oxidation sites excluding steroid dienone is 1. The second-order valence-corrected chi connectivity index (χ2v) is 11.4. The molecule has 0 aliphatic rings. The fraction of sp³-hybridized carbons (Fsp3) is 0.161. The van der Waals surface area contributed by atoms with E-state index < -0.39 is 33.0 Å². The first-order chi connectivity index (χ1) is 19.5. The summed E-state index contributed by atoms with van der Waals surface area (Å²) in [6, 6.07) is 22.8. The van der Waals surface area contributed by atoms with Gasteiger partial charge in [-0.2, -0.15) is 13.2 Å². The molecule has 10 heteroatoms. The first-order valence-corrected chi connectivity index (χ1v) is 14.3. The van der Waals surface area contributed by atoms with Gasteiger partial charge in [0.15, 0.2) is 9.84 Å². The van der Waals surface area contributed by atoms with E-state index in [2.05, 4.69) is 5.32 Å². The molecule has 4 rings (SSSR count). The molecule has 0 aliphatic carbocycles. The van der Waals surface area contributed by atoms with Crippen molar-refractivity contribution in [3.8, 4) is 5.69 Å². The van der Waals surface area contributed by atoms with Crippen molar-refractivity contribution in [2.75, 3.05) is 5.75 Å². The zero-order valence-electron chi connectivity index (χ0n) is 22.1. The highest BCUT2D eigenvalue weighted by Gasteiger charge is 2.30. The highest BCUT2D eigenvalue weighted by Crippen LogP contribution is 2.30. The lowest BCUT2D eigenvalue weighted by molar-refractivity contribution is -0.137. The lowest BCUT2D eigenvalue weighted by Gasteiger charge is -2.14. The van der Waals surface area contributed by atoms with Gasteiger partial charge in [-0.25, -0.2) is 8.42 Å². The molecule has 0 saturated carbocycles. The third-order valence-electron chi connectivity index (χ3n) is 6.37. The number of rotatable bonds is 9. The van der Waals surface area contributed by atoms with Gasteiger partial charge >= 0.3 is 6.18 Å². The molecule has 1 N–H and O–H groups in total. The van der Waals surface area contributed by atoms with Crippen molar-refractivity contribution < 1.29 is 26.4 Å². The molecular weight excluding hydrogens is 553 g/mol. The Morgan fingerprint density at radius 3 is 2.27 bits per heavy atom. The molecule has 0 atom stereocenters. The minimum absolute atomic E-state index is 0.00696. The number of alkyl halides is 3. The maximum absolute atomic E-state index is 13.2. The molecule has 0 spiro atoms. The minimum atomic E-state index is -4.59. The predicted molar refractivity (Wildman–Crippen MR) is 151 cm³/mol. The Hall–Kier alpha value is -4.44. The number of aromatic nitrogens is 1. The SMILES string of the molecule is Cc1ccc(C(=O)NCc2ccc(S(=O)(=O)CC=CCc3ccccc3)cc2)c(=O)n1-c1cccc(C(F)(F)F)c1. The average Bonchev–Trinajstić information content (AvgIpc) is 2.95. The second kappa shape index (κ2) is 12.4. The Balaban J connectivity index is 1.42. The molecule has 0 unspecified atom stereocenters. The van der Waals surface area contributed by atoms with Gasteiger partial charge in [-0.05, 0) is 66.9 Å². The van der Waals surface area contributed by atoms with Gasteiger partial charge in [0.2, 0.25) is 0 Å². The second-order valence-electron chi connectivity index (χ2n) is 9.35. The summed E-state index contributed by atoms with van der Waals surface area (Å²) >= 11 is 0. The first-order valence-electron chi connectivity index (χ1n) is 12.6. The molecule has 0 bridgehead atoms. The number of nitrogens with zero attached hydrogens (tertiary/aromatic N) is 1. The molecule has 6 nitrogen and oxygen atoms in total. The van der Waals surface area contributed by atoms with E-state index in [1.165, 1.54) is 36.4 Å². The molecule has 1 amide bonds.